The van der Waals surface area contributed by atoms with E-state index < -0.39 is 0 Å². The zero-order valence-corrected chi connectivity index (χ0v) is 27.8. The summed E-state index contributed by atoms with van der Waals surface area (Å²) in [5.74, 6) is 1.08. The van der Waals surface area contributed by atoms with Crippen LogP contribution in [0.15, 0.2) is 164 Å². The summed E-state index contributed by atoms with van der Waals surface area (Å²) in [4.78, 5) is 10.9. The molecule has 9 aromatic rings. The number of hydrogen-bond acceptors (Lipinski definition) is 2. The van der Waals surface area contributed by atoms with Crippen molar-refractivity contribution < 1.29 is 0 Å². The fourth-order valence-electron chi connectivity index (χ4n) is 8.70. The zero-order valence-electron chi connectivity index (χ0n) is 27.8. The highest BCUT2D eigenvalue weighted by molar-refractivity contribution is 6.20. The summed E-state index contributed by atoms with van der Waals surface area (Å²) in [7, 11) is 0. The van der Waals surface area contributed by atoms with Gasteiger partial charge >= 0.3 is 0 Å². The maximum absolute atomic E-state index is 5.51. The minimum absolute atomic E-state index is 0.239. The molecule has 0 radical (unpaired) electrons. The second kappa shape index (κ2) is 11.0. The lowest BCUT2D eigenvalue weighted by Crippen LogP contribution is -2.09. The van der Waals surface area contributed by atoms with Gasteiger partial charge in [0, 0.05) is 22.3 Å². The van der Waals surface area contributed by atoms with E-state index in [0.717, 1.165) is 51.1 Å². The van der Waals surface area contributed by atoms with E-state index in [-0.39, 0.29) is 5.92 Å². The van der Waals surface area contributed by atoms with Gasteiger partial charge in [-0.1, -0.05) is 140 Å². The molecule has 3 nitrogen and oxygen atoms in total. The molecule has 1 unspecified atom stereocenters. The predicted molar refractivity (Wildman–Crippen MR) is 211 cm³/mol. The Bertz CT molecular complexity index is 2880. The molecular formula is C48H31N3. The number of aromatic nitrogens is 3. The maximum atomic E-state index is 5.51. The number of benzene rings is 7. The van der Waals surface area contributed by atoms with Gasteiger partial charge in [-0.25, -0.2) is 9.97 Å². The number of hydrogen-bond donors (Lipinski definition) is 0. The Kier molecular flexibility index (Phi) is 6.08. The van der Waals surface area contributed by atoms with E-state index in [0.29, 0.717) is 0 Å². The van der Waals surface area contributed by atoms with Crippen LogP contribution < -0.4 is 0 Å². The van der Waals surface area contributed by atoms with E-state index >= 15 is 0 Å². The summed E-state index contributed by atoms with van der Waals surface area (Å²) in [6.45, 7) is 0. The summed E-state index contributed by atoms with van der Waals surface area (Å²) in [5, 5.41) is 2.60. The fraction of sp³-hybridized carbons (Fsp3) is 0.0417. The topological polar surface area (TPSA) is 30.7 Å². The lowest BCUT2D eigenvalue weighted by molar-refractivity contribution is 0.831. The number of rotatable bonds is 4. The van der Waals surface area contributed by atoms with Crippen molar-refractivity contribution >= 4 is 38.9 Å². The van der Waals surface area contributed by atoms with Crippen LogP contribution >= 0.6 is 0 Å². The Labute approximate surface area is 295 Å². The molecule has 1 atom stereocenters. The van der Waals surface area contributed by atoms with Crippen LogP contribution in [0, 0.1) is 0 Å². The standard InChI is InChI=1S/C48H31N3/c1-3-14-30(15-4-1)32-18-11-19-33(28-32)47-48(50-41-26-10-9-25-40(41)49-47)51-42-27-13-24-37-35-21-8-7-20-34(35)36-22-12-23-38-39(31-16-5-2-6-17-31)29-43(51)46(44(36)38)45(37)42/h1-21,23-29,36H,22H2. The van der Waals surface area contributed by atoms with Crippen LogP contribution in [0.3, 0.4) is 0 Å². The molecule has 7 aromatic carbocycles. The van der Waals surface area contributed by atoms with Gasteiger partial charge in [-0.3, -0.25) is 4.57 Å². The largest absolute Gasteiger partial charge is 0.292 e. The average molecular weight is 650 g/mol. The first-order chi connectivity index (χ1) is 25.3. The third kappa shape index (κ3) is 4.18. The molecule has 0 spiro atoms. The molecule has 51 heavy (non-hydrogen) atoms. The van der Waals surface area contributed by atoms with Crippen LogP contribution in [-0.4, -0.2) is 14.5 Å². The Morgan fingerprint density at radius 3 is 2.00 bits per heavy atom. The number of allylic oxidation sites excluding steroid dienone is 1. The quantitative estimate of drug-likeness (QED) is 0.190. The summed E-state index contributed by atoms with van der Waals surface area (Å²) >= 11 is 0. The molecule has 0 aliphatic heterocycles. The van der Waals surface area contributed by atoms with Crippen molar-refractivity contribution in [1.82, 2.24) is 14.5 Å². The van der Waals surface area contributed by atoms with E-state index in [9.17, 15) is 0 Å². The van der Waals surface area contributed by atoms with Crippen molar-refractivity contribution in [2.45, 2.75) is 12.3 Å². The van der Waals surface area contributed by atoms with E-state index in [1.807, 2.05) is 6.07 Å². The highest BCUT2D eigenvalue weighted by atomic mass is 15.1. The van der Waals surface area contributed by atoms with Gasteiger partial charge in [0.15, 0.2) is 5.82 Å². The molecule has 2 aromatic heterocycles. The van der Waals surface area contributed by atoms with Crippen LogP contribution in [0.25, 0.3) is 89.4 Å². The monoisotopic (exact) mass is 649 g/mol. The van der Waals surface area contributed by atoms with Crippen LogP contribution in [0.4, 0.5) is 0 Å². The van der Waals surface area contributed by atoms with Gasteiger partial charge in [-0.15, -0.1) is 0 Å². The average Bonchev–Trinajstić information content (AvgIpc) is 3.48. The molecule has 3 heteroatoms. The van der Waals surface area contributed by atoms with Crippen LogP contribution in [0.5, 0.6) is 0 Å². The van der Waals surface area contributed by atoms with Gasteiger partial charge in [0.05, 0.1) is 22.1 Å². The van der Waals surface area contributed by atoms with Gasteiger partial charge in [0.1, 0.15) is 5.69 Å². The van der Waals surface area contributed by atoms with Gasteiger partial charge < -0.3 is 0 Å². The molecule has 0 saturated heterocycles. The lowest BCUT2D eigenvalue weighted by Gasteiger charge is -2.26. The van der Waals surface area contributed by atoms with E-state index in [1.165, 1.54) is 55.3 Å². The highest BCUT2D eigenvalue weighted by Crippen LogP contribution is 2.53. The molecular weight excluding hydrogens is 619 g/mol. The highest BCUT2D eigenvalue weighted by Gasteiger charge is 2.33. The van der Waals surface area contributed by atoms with Crippen molar-refractivity contribution in [3.8, 4) is 50.5 Å². The molecule has 0 saturated carbocycles. The molecule has 0 N–H and O–H groups in total. The van der Waals surface area contributed by atoms with Gasteiger partial charge in [0.2, 0.25) is 0 Å². The first kappa shape index (κ1) is 28.3. The number of nitrogens with zero attached hydrogens (tertiary/aromatic N) is 3. The molecule has 0 bridgehead atoms. The second-order valence-electron chi connectivity index (χ2n) is 13.7. The molecule has 0 fully saturated rings. The Morgan fingerprint density at radius 2 is 1.16 bits per heavy atom. The molecule has 2 aliphatic rings. The zero-order chi connectivity index (χ0) is 33.5. The smallest absolute Gasteiger partial charge is 0.165 e. The second-order valence-corrected chi connectivity index (χ2v) is 13.7. The third-order valence-electron chi connectivity index (χ3n) is 10.9. The van der Waals surface area contributed by atoms with Gasteiger partial charge in [0.25, 0.3) is 0 Å². The number of fused-ring (bicyclic) bond motifs is 4. The number of para-hydroxylation sites is 2. The molecule has 2 heterocycles. The van der Waals surface area contributed by atoms with Crippen LogP contribution in [0.2, 0.25) is 0 Å². The Hall–Kier alpha value is -6.58. The molecule has 11 rings (SSSR count). The van der Waals surface area contributed by atoms with Crippen molar-refractivity contribution in [2.24, 2.45) is 0 Å². The normalized spacial score (nSPS) is 14.3. The SMILES string of the molecule is C1=Cc2c(-c3ccccc3)cc3c4c2C(C1)c1ccccc1-c1cccc(c14)n3-c1nc2ccccc2nc1-c1cccc(-c2ccccc2)c1. The van der Waals surface area contributed by atoms with Crippen molar-refractivity contribution in [1.29, 1.82) is 0 Å². The first-order valence-electron chi connectivity index (χ1n) is 17.7. The van der Waals surface area contributed by atoms with Gasteiger partial charge in [-0.2, -0.15) is 0 Å². The Morgan fingerprint density at radius 1 is 0.490 bits per heavy atom. The predicted octanol–water partition coefficient (Wildman–Crippen LogP) is 12.3. The summed E-state index contributed by atoms with van der Waals surface area (Å²) < 4.78 is 2.41. The van der Waals surface area contributed by atoms with Gasteiger partial charge in [-0.05, 0) is 86.8 Å². The van der Waals surface area contributed by atoms with Crippen molar-refractivity contribution in [3.05, 3.63) is 180 Å². The van der Waals surface area contributed by atoms with Crippen molar-refractivity contribution in [2.75, 3.05) is 0 Å². The van der Waals surface area contributed by atoms with Crippen molar-refractivity contribution in [3.63, 3.8) is 0 Å². The minimum Gasteiger partial charge on any atom is -0.292 e. The Balaban J connectivity index is 1.31. The van der Waals surface area contributed by atoms with Crippen LogP contribution in [0.1, 0.15) is 29.0 Å². The molecule has 2 aliphatic carbocycles. The fourth-order valence-corrected chi connectivity index (χ4v) is 8.70. The molecule has 238 valence electrons. The minimum atomic E-state index is 0.239. The summed E-state index contributed by atoms with van der Waals surface area (Å²) in [6, 6.07) is 56.7. The molecule has 0 amide bonds. The first-order valence-corrected chi connectivity index (χ1v) is 17.7. The lowest BCUT2D eigenvalue weighted by atomic mass is 9.77. The van der Waals surface area contributed by atoms with E-state index in [4.69, 9.17) is 9.97 Å². The summed E-state index contributed by atoms with van der Waals surface area (Å²) in [6.07, 6.45) is 5.70. The summed E-state index contributed by atoms with van der Waals surface area (Å²) in [5.41, 5.74) is 17.5. The van der Waals surface area contributed by atoms with Crippen LogP contribution in [-0.2, 0) is 0 Å². The third-order valence-corrected chi connectivity index (χ3v) is 10.9. The van der Waals surface area contributed by atoms with E-state index in [1.54, 1.807) is 0 Å². The maximum Gasteiger partial charge on any atom is 0.165 e. The van der Waals surface area contributed by atoms with E-state index in [2.05, 4.69) is 168 Å².